The highest BCUT2D eigenvalue weighted by Gasteiger charge is 2.23. The third-order valence-corrected chi connectivity index (χ3v) is 3.53. The molecule has 19 heavy (non-hydrogen) atoms. The van der Waals surface area contributed by atoms with Gasteiger partial charge in [0.25, 0.3) is 0 Å². The molecule has 1 atom stereocenters. The molecular weight excluding hydrogens is 248 g/mol. The van der Waals surface area contributed by atoms with Crippen LogP contribution >= 0.6 is 0 Å². The molecule has 1 aliphatic carbocycles. The number of carbonyl (C=O) groups is 2. The topological polar surface area (TPSA) is 78.9 Å². The van der Waals surface area contributed by atoms with Crippen LogP contribution in [0.4, 0.5) is 4.79 Å². The quantitative estimate of drug-likeness (QED) is 0.764. The first kappa shape index (κ1) is 15.8. The summed E-state index contributed by atoms with van der Waals surface area (Å²) < 4.78 is 4.78. The van der Waals surface area contributed by atoms with Crippen molar-refractivity contribution in [1.82, 2.24) is 10.2 Å². The van der Waals surface area contributed by atoms with E-state index in [1.54, 1.807) is 11.9 Å². The SMILES string of the molecule is COCC(NC(=O)N(C)CC1CCCCC1)C(=O)O. The van der Waals surface area contributed by atoms with Gasteiger partial charge in [-0.3, -0.25) is 0 Å². The average Bonchev–Trinajstić information content (AvgIpc) is 2.39. The molecule has 2 amide bonds. The largest absolute Gasteiger partial charge is 0.480 e. The Balaban J connectivity index is 2.39. The zero-order chi connectivity index (χ0) is 14.3. The van der Waals surface area contributed by atoms with Crippen molar-refractivity contribution >= 4 is 12.0 Å². The van der Waals surface area contributed by atoms with Crippen LogP contribution in [0.15, 0.2) is 0 Å². The number of carbonyl (C=O) groups excluding carboxylic acids is 1. The Bertz CT molecular complexity index is 303. The number of hydrogen-bond acceptors (Lipinski definition) is 3. The van der Waals surface area contributed by atoms with Crippen LogP contribution < -0.4 is 5.32 Å². The molecule has 1 aliphatic rings. The Labute approximate surface area is 114 Å². The van der Waals surface area contributed by atoms with Crippen LogP contribution in [0.5, 0.6) is 0 Å². The summed E-state index contributed by atoms with van der Waals surface area (Å²) in [5, 5.41) is 11.4. The first-order valence-corrected chi connectivity index (χ1v) is 6.78. The van der Waals surface area contributed by atoms with E-state index in [0.717, 1.165) is 12.8 Å². The van der Waals surface area contributed by atoms with E-state index in [2.05, 4.69) is 5.32 Å². The Morgan fingerprint density at radius 3 is 2.53 bits per heavy atom. The van der Waals surface area contributed by atoms with Crippen LogP contribution in [0.1, 0.15) is 32.1 Å². The van der Waals surface area contributed by atoms with Gasteiger partial charge in [0.1, 0.15) is 0 Å². The normalized spacial score (nSPS) is 17.8. The molecule has 2 N–H and O–H groups in total. The molecule has 6 nitrogen and oxygen atoms in total. The van der Waals surface area contributed by atoms with E-state index in [-0.39, 0.29) is 12.6 Å². The van der Waals surface area contributed by atoms with Gasteiger partial charge in [-0.25, -0.2) is 9.59 Å². The molecule has 1 rings (SSSR count). The summed E-state index contributed by atoms with van der Waals surface area (Å²) in [5.74, 6) is -0.545. The predicted octanol–water partition coefficient (Wildman–Crippen LogP) is 1.31. The fraction of sp³-hybridized carbons (Fsp3) is 0.846. The number of methoxy groups -OCH3 is 1. The Kier molecular flexibility index (Phi) is 6.62. The average molecular weight is 272 g/mol. The Morgan fingerprint density at radius 1 is 1.37 bits per heavy atom. The van der Waals surface area contributed by atoms with E-state index in [1.807, 2.05) is 0 Å². The smallest absolute Gasteiger partial charge is 0.328 e. The van der Waals surface area contributed by atoms with Gasteiger partial charge in [-0.1, -0.05) is 19.3 Å². The second-order valence-corrected chi connectivity index (χ2v) is 5.18. The molecule has 0 aromatic rings. The number of urea groups is 1. The van der Waals surface area contributed by atoms with Crippen molar-refractivity contribution in [2.75, 3.05) is 27.3 Å². The van der Waals surface area contributed by atoms with Gasteiger partial charge in [-0.2, -0.15) is 0 Å². The van der Waals surface area contributed by atoms with E-state index in [0.29, 0.717) is 12.5 Å². The van der Waals surface area contributed by atoms with Crippen molar-refractivity contribution in [3.63, 3.8) is 0 Å². The van der Waals surface area contributed by atoms with Crippen LogP contribution in [0.3, 0.4) is 0 Å². The number of nitrogens with zero attached hydrogens (tertiary/aromatic N) is 1. The molecule has 1 unspecified atom stereocenters. The number of amides is 2. The number of carboxylic acids is 1. The highest BCUT2D eigenvalue weighted by Crippen LogP contribution is 2.24. The lowest BCUT2D eigenvalue weighted by molar-refractivity contribution is -0.140. The van der Waals surface area contributed by atoms with E-state index in [4.69, 9.17) is 9.84 Å². The van der Waals surface area contributed by atoms with Gasteiger partial charge in [0.05, 0.1) is 6.61 Å². The van der Waals surface area contributed by atoms with Crippen molar-refractivity contribution in [2.45, 2.75) is 38.1 Å². The minimum absolute atomic E-state index is 0.0294. The summed E-state index contributed by atoms with van der Waals surface area (Å²) in [7, 11) is 3.11. The molecule has 0 aromatic heterocycles. The van der Waals surface area contributed by atoms with Gasteiger partial charge in [0, 0.05) is 20.7 Å². The summed E-state index contributed by atoms with van der Waals surface area (Å²) in [6, 6.07) is -1.35. The lowest BCUT2D eigenvalue weighted by Gasteiger charge is -2.28. The molecule has 6 heteroatoms. The summed E-state index contributed by atoms with van der Waals surface area (Å²) in [6.45, 7) is 0.656. The number of hydrogen-bond donors (Lipinski definition) is 2. The van der Waals surface area contributed by atoms with Gasteiger partial charge in [-0.05, 0) is 18.8 Å². The molecule has 0 spiro atoms. The van der Waals surface area contributed by atoms with Gasteiger partial charge < -0.3 is 20.1 Å². The first-order valence-electron chi connectivity index (χ1n) is 6.78. The van der Waals surface area contributed by atoms with E-state index >= 15 is 0 Å². The maximum absolute atomic E-state index is 11.9. The number of ether oxygens (including phenoxy) is 1. The van der Waals surface area contributed by atoms with Gasteiger partial charge in [0.2, 0.25) is 0 Å². The number of aliphatic carboxylic acids is 1. The molecule has 0 radical (unpaired) electrons. The maximum Gasteiger partial charge on any atom is 0.328 e. The number of rotatable bonds is 6. The second kappa shape index (κ2) is 7.99. The molecule has 110 valence electrons. The molecule has 0 aliphatic heterocycles. The van der Waals surface area contributed by atoms with Gasteiger partial charge >= 0.3 is 12.0 Å². The van der Waals surface area contributed by atoms with Crippen LogP contribution in [0, 0.1) is 5.92 Å². The van der Waals surface area contributed by atoms with Gasteiger partial charge in [0.15, 0.2) is 6.04 Å². The van der Waals surface area contributed by atoms with Crippen molar-refractivity contribution < 1.29 is 19.4 Å². The fourth-order valence-corrected chi connectivity index (χ4v) is 2.44. The van der Waals surface area contributed by atoms with Crippen molar-refractivity contribution in [3.05, 3.63) is 0 Å². The minimum Gasteiger partial charge on any atom is -0.480 e. The lowest BCUT2D eigenvalue weighted by atomic mass is 9.89. The molecule has 1 saturated carbocycles. The summed E-state index contributed by atoms with van der Waals surface area (Å²) in [4.78, 5) is 24.4. The monoisotopic (exact) mass is 272 g/mol. The fourth-order valence-electron chi connectivity index (χ4n) is 2.44. The molecular formula is C13H24N2O4. The van der Waals surface area contributed by atoms with Crippen molar-refractivity contribution in [1.29, 1.82) is 0 Å². The van der Waals surface area contributed by atoms with Crippen LogP contribution in [0.25, 0.3) is 0 Å². The zero-order valence-electron chi connectivity index (χ0n) is 11.7. The van der Waals surface area contributed by atoms with Gasteiger partial charge in [-0.15, -0.1) is 0 Å². The molecule has 0 saturated heterocycles. The summed E-state index contributed by atoms with van der Waals surface area (Å²) in [6.07, 6.45) is 6.03. The van der Waals surface area contributed by atoms with Crippen LogP contribution in [0.2, 0.25) is 0 Å². The zero-order valence-corrected chi connectivity index (χ0v) is 11.7. The van der Waals surface area contributed by atoms with Crippen molar-refractivity contribution in [2.24, 2.45) is 5.92 Å². The van der Waals surface area contributed by atoms with Crippen molar-refractivity contribution in [3.8, 4) is 0 Å². The molecule has 1 fully saturated rings. The standard InChI is InChI=1S/C13H24N2O4/c1-15(8-10-6-4-3-5-7-10)13(18)14-11(9-19-2)12(16)17/h10-11H,3-9H2,1-2H3,(H,14,18)(H,16,17). The lowest BCUT2D eigenvalue weighted by Crippen LogP contribution is -2.49. The highest BCUT2D eigenvalue weighted by molar-refractivity contribution is 5.82. The van der Waals surface area contributed by atoms with E-state index < -0.39 is 12.0 Å². The van der Waals surface area contributed by atoms with E-state index in [1.165, 1.54) is 26.4 Å². The Hall–Kier alpha value is -1.30. The number of carboxylic acid groups (broad SMARTS) is 1. The molecule has 0 bridgehead atoms. The second-order valence-electron chi connectivity index (χ2n) is 5.18. The van der Waals surface area contributed by atoms with Crippen LogP contribution in [-0.2, 0) is 9.53 Å². The first-order chi connectivity index (χ1) is 9.04. The predicted molar refractivity (Wildman–Crippen MR) is 71.0 cm³/mol. The maximum atomic E-state index is 11.9. The minimum atomic E-state index is -1.08. The molecule has 0 heterocycles. The number of nitrogens with one attached hydrogen (secondary N) is 1. The third-order valence-electron chi connectivity index (χ3n) is 3.53. The van der Waals surface area contributed by atoms with Crippen LogP contribution in [-0.4, -0.2) is 55.4 Å². The molecule has 0 aromatic carbocycles. The summed E-state index contributed by atoms with van der Waals surface area (Å²) >= 11 is 0. The Morgan fingerprint density at radius 2 is 2.00 bits per heavy atom. The summed E-state index contributed by atoms with van der Waals surface area (Å²) in [5.41, 5.74) is 0. The van der Waals surface area contributed by atoms with E-state index in [9.17, 15) is 9.59 Å². The third kappa shape index (κ3) is 5.46. The highest BCUT2D eigenvalue weighted by atomic mass is 16.5.